The van der Waals surface area contributed by atoms with Crippen LogP contribution in [0.1, 0.15) is 39.5 Å². The Hall–Kier alpha value is -3.90. The fourth-order valence-corrected chi connectivity index (χ4v) is 5.62. The van der Waals surface area contributed by atoms with Gasteiger partial charge in [-0.2, -0.15) is 0 Å². The van der Waals surface area contributed by atoms with E-state index in [0.717, 1.165) is 37.3 Å². The third-order valence-corrected chi connectivity index (χ3v) is 7.19. The van der Waals surface area contributed by atoms with E-state index in [1.54, 1.807) is 30.4 Å². The van der Waals surface area contributed by atoms with E-state index in [2.05, 4.69) is 4.90 Å². The number of pyridine rings is 1. The van der Waals surface area contributed by atoms with Crippen LogP contribution in [0, 0.1) is 5.92 Å². The highest BCUT2D eigenvalue weighted by Crippen LogP contribution is 2.41. The van der Waals surface area contributed by atoms with Crippen molar-refractivity contribution in [1.82, 2.24) is 9.47 Å². The van der Waals surface area contributed by atoms with Gasteiger partial charge in [-0.3, -0.25) is 14.5 Å². The average molecular weight is 467 g/mol. The molecular formula is C29H26N2O4. The zero-order valence-electron chi connectivity index (χ0n) is 19.3. The number of ketones is 1. The summed E-state index contributed by atoms with van der Waals surface area (Å²) in [7, 11) is 0. The smallest absolute Gasteiger partial charge is 0.250 e. The Kier molecular flexibility index (Phi) is 5.38. The van der Waals surface area contributed by atoms with Crippen molar-refractivity contribution in [2.24, 2.45) is 5.92 Å². The molecule has 1 fully saturated rings. The molecular weight excluding hydrogens is 440 g/mol. The Bertz CT molecular complexity index is 1420. The normalized spacial score (nSPS) is 22.3. The Labute approximate surface area is 203 Å². The number of carbonyl (C=O) groups is 1. The second kappa shape index (κ2) is 8.71. The third kappa shape index (κ3) is 4.00. The fraction of sp³-hybridized carbons (Fsp3) is 0.241. The van der Waals surface area contributed by atoms with Crippen molar-refractivity contribution in [3.63, 3.8) is 0 Å². The minimum absolute atomic E-state index is 0.0664. The molecule has 0 spiro atoms. The molecule has 1 saturated heterocycles. The first kappa shape index (κ1) is 21.6. The summed E-state index contributed by atoms with van der Waals surface area (Å²) in [5, 5.41) is 10.7. The number of hydrogen-bond donors (Lipinski definition) is 1. The van der Waals surface area contributed by atoms with E-state index >= 15 is 0 Å². The van der Waals surface area contributed by atoms with Crippen LogP contribution in [-0.2, 0) is 13.1 Å². The van der Waals surface area contributed by atoms with Crippen LogP contribution < -0.4 is 10.3 Å². The number of phenols is 1. The number of piperidine rings is 1. The minimum atomic E-state index is -0.178. The summed E-state index contributed by atoms with van der Waals surface area (Å²) in [6, 6.07) is 18.6. The van der Waals surface area contributed by atoms with Gasteiger partial charge in [0, 0.05) is 43.9 Å². The molecule has 3 aliphatic heterocycles. The Morgan fingerprint density at radius 3 is 2.69 bits per heavy atom. The summed E-state index contributed by atoms with van der Waals surface area (Å²) in [5.41, 5.74) is 3.30. The second-order valence-corrected chi connectivity index (χ2v) is 9.56. The predicted molar refractivity (Wildman–Crippen MR) is 133 cm³/mol. The quantitative estimate of drug-likeness (QED) is 0.579. The number of nitrogens with zero attached hydrogens (tertiary/aromatic N) is 2. The monoisotopic (exact) mass is 466 g/mol. The number of ether oxygens (including phenoxy) is 1. The molecule has 2 atom stereocenters. The van der Waals surface area contributed by atoms with E-state index in [1.165, 1.54) is 0 Å². The van der Waals surface area contributed by atoms with Crippen LogP contribution in [0.4, 0.5) is 0 Å². The number of rotatable bonds is 4. The largest absolute Gasteiger partial charge is 0.507 e. The molecule has 2 unspecified atom stereocenters. The van der Waals surface area contributed by atoms with Gasteiger partial charge < -0.3 is 14.4 Å². The predicted octanol–water partition coefficient (Wildman–Crippen LogP) is 4.35. The van der Waals surface area contributed by atoms with Gasteiger partial charge in [-0.05, 0) is 42.2 Å². The number of fused-ring (bicyclic) bond motifs is 5. The summed E-state index contributed by atoms with van der Waals surface area (Å²) in [6.07, 6.45) is 6.46. The molecule has 3 aliphatic rings. The molecule has 6 nitrogen and oxygen atoms in total. The van der Waals surface area contributed by atoms with Crippen LogP contribution in [0.25, 0.3) is 6.08 Å². The highest BCUT2D eigenvalue weighted by atomic mass is 16.5. The molecule has 3 aromatic rings. The summed E-state index contributed by atoms with van der Waals surface area (Å²) in [4.78, 5) is 27.6. The lowest BCUT2D eigenvalue weighted by molar-refractivity contribution is 0.101. The number of aromatic nitrogens is 1. The van der Waals surface area contributed by atoms with Crippen LogP contribution >= 0.6 is 0 Å². The van der Waals surface area contributed by atoms with Crippen LogP contribution in [0.5, 0.6) is 11.5 Å². The van der Waals surface area contributed by atoms with E-state index < -0.39 is 0 Å². The van der Waals surface area contributed by atoms with Crippen LogP contribution in [0.3, 0.4) is 0 Å². The van der Waals surface area contributed by atoms with Crippen molar-refractivity contribution in [3.05, 3.63) is 111 Å². The first-order valence-electron chi connectivity index (χ1n) is 12.0. The lowest BCUT2D eigenvalue weighted by atomic mass is 9.83. The maximum Gasteiger partial charge on any atom is 0.250 e. The van der Waals surface area contributed by atoms with Crippen molar-refractivity contribution in [2.45, 2.75) is 25.4 Å². The Morgan fingerprint density at radius 2 is 1.83 bits per heavy atom. The van der Waals surface area contributed by atoms with E-state index in [-0.39, 0.29) is 28.8 Å². The van der Waals surface area contributed by atoms with Crippen molar-refractivity contribution in [3.8, 4) is 11.5 Å². The SMILES string of the molecule is O=C1C(=CC=Cc2ccccc2)Oc2c1ccc(O)c2CN1CC2CC(C1)c1cccc(=O)n1C2. The van der Waals surface area contributed by atoms with E-state index in [4.69, 9.17) is 4.74 Å². The molecule has 1 aromatic heterocycles. The van der Waals surface area contributed by atoms with Crippen LogP contribution in [0.2, 0.25) is 0 Å². The maximum atomic E-state index is 13.0. The zero-order valence-corrected chi connectivity index (χ0v) is 19.3. The zero-order chi connectivity index (χ0) is 23.9. The van der Waals surface area contributed by atoms with Gasteiger partial charge in [-0.25, -0.2) is 0 Å². The van der Waals surface area contributed by atoms with Crippen molar-refractivity contribution in [1.29, 1.82) is 0 Å². The van der Waals surface area contributed by atoms with Crippen molar-refractivity contribution >= 4 is 11.9 Å². The molecule has 176 valence electrons. The maximum absolute atomic E-state index is 13.0. The highest BCUT2D eigenvalue weighted by molar-refractivity contribution is 6.12. The lowest BCUT2D eigenvalue weighted by Gasteiger charge is -2.42. The minimum Gasteiger partial charge on any atom is -0.507 e. The molecule has 6 heteroatoms. The van der Waals surface area contributed by atoms with Gasteiger partial charge in [0.05, 0.1) is 11.1 Å². The fourth-order valence-electron chi connectivity index (χ4n) is 5.62. The van der Waals surface area contributed by atoms with Gasteiger partial charge >= 0.3 is 0 Å². The molecule has 2 aromatic carbocycles. The molecule has 0 amide bonds. The molecule has 35 heavy (non-hydrogen) atoms. The number of benzene rings is 2. The summed E-state index contributed by atoms with van der Waals surface area (Å²) >= 11 is 0. The molecule has 6 rings (SSSR count). The molecule has 0 radical (unpaired) electrons. The van der Waals surface area contributed by atoms with Crippen molar-refractivity contribution < 1.29 is 14.6 Å². The van der Waals surface area contributed by atoms with Gasteiger partial charge in [0.2, 0.25) is 5.78 Å². The van der Waals surface area contributed by atoms with Crippen molar-refractivity contribution in [2.75, 3.05) is 13.1 Å². The number of phenolic OH excluding ortho intramolecular Hbond substituents is 1. The highest BCUT2D eigenvalue weighted by Gasteiger charge is 2.36. The standard InChI is InChI=1S/C29H26N2O4/c32-25-13-12-22-28(34)26(10-4-8-19-6-2-1-3-7-19)35-29(22)23(25)18-30-15-20-14-21(17-30)24-9-5-11-27(33)31(24)16-20/h1-13,20-21,32H,14-18H2. The van der Waals surface area contributed by atoms with Gasteiger partial charge in [-0.1, -0.05) is 48.6 Å². The number of allylic oxidation sites excluding steroid dienone is 3. The number of hydrogen-bond acceptors (Lipinski definition) is 5. The van der Waals surface area contributed by atoms with Gasteiger partial charge in [-0.15, -0.1) is 0 Å². The first-order chi connectivity index (χ1) is 17.1. The van der Waals surface area contributed by atoms with Gasteiger partial charge in [0.15, 0.2) is 5.76 Å². The topological polar surface area (TPSA) is 71.8 Å². The summed E-state index contributed by atoms with van der Waals surface area (Å²) in [5.74, 6) is 1.30. The number of likely N-dealkylation sites (tertiary alicyclic amines) is 1. The molecule has 1 N–H and O–H groups in total. The molecule has 2 bridgehead atoms. The van der Waals surface area contributed by atoms with Gasteiger partial charge in [0.25, 0.3) is 5.56 Å². The van der Waals surface area contributed by atoms with E-state index in [9.17, 15) is 14.7 Å². The molecule has 0 aliphatic carbocycles. The number of Topliss-reactive ketones (excluding diaryl/α,β-unsaturated/α-hetero) is 1. The Morgan fingerprint density at radius 1 is 0.971 bits per heavy atom. The number of carbonyl (C=O) groups excluding carboxylic acids is 1. The second-order valence-electron chi connectivity index (χ2n) is 9.56. The summed E-state index contributed by atoms with van der Waals surface area (Å²) in [6.45, 7) is 2.83. The van der Waals surface area contributed by atoms with E-state index in [1.807, 2.05) is 53.1 Å². The van der Waals surface area contributed by atoms with E-state index in [0.29, 0.717) is 29.3 Å². The average Bonchev–Trinajstić information content (AvgIpc) is 3.18. The van der Waals surface area contributed by atoms with Crippen LogP contribution in [-0.4, -0.2) is 33.4 Å². The lowest BCUT2D eigenvalue weighted by Crippen LogP contribution is -2.46. The molecule has 0 saturated carbocycles. The molecule has 4 heterocycles. The van der Waals surface area contributed by atoms with Gasteiger partial charge in [0.1, 0.15) is 11.5 Å². The third-order valence-electron chi connectivity index (χ3n) is 7.19. The first-order valence-corrected chi connectivity index (χ1v) is 12.0. The summed E-state index contributed by atoms with van der Waals surface area (Å²) < 4.78 is 7.92. The number of aromatic hydroxyl groups is 1. The Balaban J connectivity index is 1.24. The van der Waals surface area contributed by atoms with Crippen LogP contribution in [0.15, 0.2) is 83.4 Å².